The minimum absolute atomic E-state index is 0.139. The SMILES string of the molecule is [CH2]C(C=C)c1cc(OC)ccc1CC. The average Bonchev–Trinajstić information content (AvgIpc) is 2.27. The summed E-state index contributed by atoms with van der Waals surface area (Å²) in [5, 5.41) is 0. The number of rotatable bonds is 4. The summed E-state index contributed by atoms with van der Waals surface area (Å²) in [5.74, 6) is 1.02. The minimum Gasteiger partial charge on any atom is -0.497 e. The predicted molar refractivity (Wildman–Crippen MR) is 60.7 cm³/mol. The highest BCUT2D eigenvalue weighted by molar-refractivity contribution is 5.40. The second-order valence-corrected chi connectivity index (χ2v) is 3.26. The van der Waals surface area contributed by atoms with Crippen LogP contribution in [-0.2, 0) is 6.42 Å². The monoisotopic (exact) mass is 189 g/mol. The molecule has 0 heterocycles. The third-order valence-electron chi connectivity index (χ3n) is 2.42. The molecule has 0 saturated heterocycles. The van der Waals surface area contributed by atoms with Crippen LogP contribution in [0, 0.1) is 6.92 Å². The summed E-state index contributed by atoms with van der Waals surface area (Å²) in [4.78, 5) is 0. The zero-order valence-corrected chi connectivity index (χ0v) is 8.92. The molecule has 0 spiro atoms. The van der Waals surface area contributed by atoms with Crippen LogP contribution in [0.2, 0.25) is 0 Å². The minimum atomic E-state index is 0.139. The average molecular weight is 189 g/mol. The van der Waals surface area contributed by atoms with Gasteiger partial charge in [0.2, 0.25) is 0 Å². The van der Waals surface area contributed by atoms with E-state index in [1.54, 1.807) is 7.11 Å². The molecular formula is C13H17O. The first-order valence-electron chi connectivity index (χ1n) is 4.85. The van der Waals surface area contributed by atoms with Crippen LogP contribution < -0.4 is 4.74 Å². The standard InChI is InChI=1S/C13H17O/c1-5-10(3)13-9-12(14-4)8-7-11(13)6-2/h5,7-10H,1,3,6H2,2,4H3. The molecule has 0 fully saturated rings. The van der Waals surface area contributed by atoms with Crippen LogP contribution in [0.5, 0.6) is 5.75 Å². The molecule has 1 radical (unpaired) electrons. The number of hydrogen-bond acceptors (Lipinski definition) is 1. The maximum absolute atomic E-state index is 5.19. The van der Waals surface area contributed by atoms with Crippen LogP contribution in [0.3, 0.4) is 0 Å². The second kappa shape index (κ2) is 4.85. The fraction of sp³-hybridized carbons (Fsp3) is 0.308. The van der Waals surface area contributed by atoms with Gasteiger partial charge in [0.05, 0.1) is 7.11 Å². The molecule has 14 heavy (non-hydrogen) atoms. The Bertz CT molecular complexity index is 315. The van der Waals surface area contributed by atoms with E-state index in [0.717, 1.165) is 12.2 Å². The Morgan fingerprint density at radius 3 is 2.71 bits per heavy atom. The molecule has 0 amide bonds. The molecule has 0 aliphatic rings. The van der Waals surface area contributed by atoms with Crippen LogP contribution in [-0.4, -0.2) is 7.11 Å². The summed E-state index contributed by atoms with van der Waals surface area (Å²) >= 11 is 0. The predicted octanol–water partition coefficient (Wildman–Crippen LogP) is 3.36. The van der Waals surface area contributed by atoms with Crippen LogP contribution in [0.15, 0.2) is 30.9 Å². The maximum Gasteiger partial charge on any atom is 0.119 e. The number of methoxy groups -OCH3 is 1. The lowest BCUT2D eigenvalue weighted by Crippen LogP contribution is -1.97. The molecule has 75 valence electrons. The van der Waals surface area contributed by atoms with Crippen LogP contribution >= 0.6 is 0 Å². The largest absolute Gasteiger partial charge is 0.497 e. The molecule has 1 atom stereocenters. The van der Waals surface area contributed by atoms with Gasteiger partial charge in [-0.3, -0.25) is 0 Å². The molecule has 0 bridgehead atoms. The normalized spacial score (nSPS) is 12.2. The molecule has 1 heteroatoms. The van der Waals surface area contributed by atoms with Gasteiger partial charge in [-0.05, 0) is 36.6 Å². The third kappa shape index (κ3) is 2.16. The van der Waals surface area contributed by atoms with E-state index >= 15 is 0 Å². The van der Waals surface area contributed by atoms with E-state index in [0.29, 0.717) is 0 Å². The molecule has 0 N–H and O–H groups in total. The highest BCUT2D eigenvalue weighted by atomic mass is 16.5. The van der Waals surface area contributed by atoms with Gasteiger partial charge in [-0.1, -0.05) is 19.1 Å². The molecule has 0 saturated carbocycles. The van der Waals surface area contributed by atoms with Gasteiger partial charge in [-0.25, -0.2) is 0 Å². The van der Waals surface area contributed by atoms with Crippen molar-refractivity contribution in [2.75, 3.05) is 7.11 Å². The van der Waals surface area contributed by atoms with Crippen molar-refractivity contribution < 1.29 is 4.74 Å². The molecule has 1 aromatic carbocycles. The van der Waals surface area contributed by atoms with Crippen LogP contribution in [0.4, 0.5) is 0 Å². The Hall–Kier alpha value is -1.24. The summed E-state index contributed by atoms with van der Waals surface area (Å²) in [6.45, 7) is 9.94. The van der Waals surface area contributed by atoms with Gasteiger partial charge >= 0.3 is 0 Å². The lowest BCUT2D eigenvalue weighted by Gasteiger charge is -2.13. The highest BCUT2D eigenvalue weighted by Gasteiger charge is 2.07. The Kier molecular flexibility index (Phi) is 3.75. The van der Waals surface area contributed by atoms with E-state index in [1.165, 1.54) is 11.1 Å². The van der Waals surface area contributed by atoms with Crippen LogP contribution in [0.25, 0.3) is 0 Å². The Morgan fingerprint density at radius 1 is 1.50 bits per heavy atom. The van der Waals surface area contributed by atoms with Crippen molar-refractivity contribution in [3.05, 3.63) is 48.9 Å². The lowest BCUT2D eigenvalue weighted by atomic mass is 9.94. The summed E-state index contributed by atoms with van der Waals surface area (Å²) in [7, 11) is 1.68. The van der Waals surface area contributed by atoms with E-state index in [9.17, 15) is 0 Å². The fourth-order valence-electron chi connectivity index (χ4n) is 1.49. The molecule has 1 rings (SSSR count). The van der Waals surface area contributed by atoms with Crippen molar-refractivity contribution in [1.82, 2.24) is 0 Å². The van der Waals surface area contributed by atoms with E-state index in [4.69, 9.17) is 4.74 Å². The smallest absolute Gasteiger partial charge is 0.119 e. The zero-order chi connectivity index (χ0) is 10.6. The Labute approximate surface area is 86.4 Å². The summed E-state index contributed by atoms with van der Waals surface area (Å²) < 4.78 is 5.19. The van der Waals surface area contributed by atoms with Crippen molar-refractivity contribution in [3.8, 4) is 5.75 Å². The van der Waals surface area contributed by atoms with Crippen molar-refractivity contribution >= 4 is 0 Å². The van der Waals surface area contributed by atoms with Gasteiger partial charge in [-0.2, -0.15) is 0 Å². The maximum atomic E-state index is 5.19. The lowest BCUT2D eigenvalue weighted by molar-refractivity contribution is 0.414. The molecule has 0 aliphatic carbocycles. The highest BCUT2D eigenvalue weighted by Crippen LogP contribution is 2.25. The van der Waals surface area contributed by atoms with Crippen molar-refractivity contribution in [1.29, 1.82) is 0 Å². The second-order valence-electron chi connectivity index (χ2n) is 3.26. The molecule has 0 aliphatic heterocycles. The number of aryl methyl sites for hydroxylation is 1. The number of allylic oxidation sites excluding steroid dienone is 1. The summed E-state index contributed by atoms with van der Waals surface area (Å²) in [6, 6.07) is 6.12. The summed E-state index contributed by atoms with van der Waals surface area (Å²) in [6.07, 6.45) is 2.87. The third-order valence-corrected chi connectivity index (χ3v) is 2.42. The molecular weight excluding hydrogens is 172 g/mol. The first-order chi connectivity index (χ1) is 6.72. The quantitative estimate of drug-likeness (QED) is 0.660. The fourth-order valence-corrected chi connectivity index (χ4v) is 1.49. The molecule has 1 nitrogen and oxygen atoms in total. The van der Waals surface area contributed by atoms with Crippen LogP contribution in [0.1, 0.15) is 24.0 Å². The molecule has 1 aromatic rings. The molecule has 0 aromatic heterocycles. The zero-order valence-electron chi connectivity index (χ0n) is 8.92. The first kappa shape index (κ1) is 10.8. The number of ether oxygens (including phenoxy) is 1. The van der Waals surface area contributed by atoms with Gasteiger partial charge in [0.15, 0.2) is 0 Å². The van der Waals surface area contributed by atoms with Crippen molar-refractivity contribution in [2.24, 2.45) is 0 Å². The number of hydrogen-bond donors (Lipinski definition) is 0. The van der Waals surface area contributed by atoms with E-state index in [2.05, 4.69) is 26.5 Å². The van der Waals surface area contributed by atoms with Gasteiger partial charge in [0.1, 0.15) is 5.75 Å². The van der Waals surface area contributed by atoms with E-state index < -0.39 is 0 Å². The summed E-state index contributed by atoms with van der Waals surface area (Å²) in [5.41, 5.74) is 2.52. The van der Waals surface area contributed by atoms with E-state index in [1.807, 2.05) is 18.2 Å². The topological polar surface area (TPSA) is 9.23 Å². The first-order valence-corrected chi connectivity index (χ1v) is 4.85. The van der Waals surface area contributed by atoms with Crippen molar-refractivity contribution in [3.63, 3.8) is 0 Å². The van der Waals surface area contributed by atoms with E-state index in [-0.39, 0.29) is 5.92 Å². The van der Waals surface area contributed by atoms with Crippen molar-refractivity contribution in [2.45, 2.75) is 19.3 Å². The Balaban J connectivity index is 3.14. The molecule has 1 unspecified atom stereocenters. The Morgan fingerprint density at radius 2 is 2.21 bits per heavy atom. The van der Waals surface area contributed by atoms with Gasteiger partial charge in [0, 0.05) is 5.92 Å². The van der Waals surface area contributed by atoms with Gasteiger partial charge < -0.3 is 4.74 Å². The van der Waals surface area contributed by atoms with Gasteiger partial charge in [0.25, 0.3) is 0 Å². The van der Waals surface area contributed by atoms with Gasteiger partial charge in [-0.15, -0.1) is 6.58 Å². The number of benzene rings is 1.